The number of hydrogen-bond acceptors (Lipinski definition) is 3. The number of rotatable bonds is 2. The number of aliphatic hydroxyl groups excluding tert-OH is 1. The first kappa shape index (κ1) is 13.4. The molecule has 1 aliphatic carbocycles. The summed E-state index contributed by atoms with van der Waals surface area (Å²) < 4.78 is 0. The number of nitriles is 1. The number of amides is 1. The van der Waals surface area contributed by atoms with Crippen LogP contribution in [-0.2, 0) is 4.79 Å². The van der Waals surface area contributed by atoms with Gasteiger partial charge in [-0.1, -0.05) is 19.3 Å². The monoisotopic (exact) mass is 250 g/mol. The molecule has 0 radical (unpaired) electrons. The maximum atomic E-state index is 12.6. The van der Waals surface area contributed by atoms with Crippen LogP contribution in [0.15, 0.2) is 0 Å². The van der Waals surface area contributed by atoms with Gasteiger partial charge < -0.3 is 10.0 Å². The van der Waals surface area contributed by atoms with Crippen LogP contribution < -0.4 is 0 Å². The number of nitrogens with zero attached hydrogens (tertiary/aromatic N) is 2. The van der Waals surface area contributed by atoms with Gasteiger partial charge in [0, 0.05) is 19.7 Å². The second kappa shape index (κ2) is 5.71. The van der Waals surface area contributed by atoms with Crippen molar-refractivity contribution in [3.63, 3.8) is 0 Å². The van der Waals surface area contributed by atoms with Crippen molar-refractivity contribution in [2.75, 3.05) is 19.7 Å². The van der Waals surface area contributed by atoms with Crippen LogP contribution in [0.25, 0.3) is 0 Å². The minimum absolute atomic E-state index is 0.0165. The molecule has 0 spiro atoms. The molecule has 1 unspecified atom stereocenters. The highest BCUT2D eigenvalue weighted by Gasteiger charge is 2.43. The highest BCUT2D eigenvalue weighted by Crippen LogP contribution is 2.38. The van der Waals surface area contributed by atoms with Crippen molar-refractivity contribution in [3.05, 3.63) is 0 Å². The largest absolute Gasteiger partial charge is 0.396 e. The van der Waals surface area contributed by atoms with Gasteiger partial charge in [-0.05, 0) is 31.6 Å². The quantitative estimate of drug-likeness (QED) is 0.811. The minimum Gasteiger partial charge on any atom is -0.396 e. The Hall–Kier alpha value is -1.08. The van der Waals surface area contributed by atoms with Gasteiger partial charge in [-0.2, -0.15) is 5.26 Å². The van der Waals surface area contributed by atoms with Crippen LogP contribution in [0.2, 0.25) is 0 Å². The molecule has 0 aromatic heterocycles. The summed E-state index contributed by atoms with van der Waals surface area (Å²) in [5.41, 5.74) is -0.768. The number of carbonyl (C=O) groups excluding carboxylic acids is 1. The van der Waals surface area contributed by atoms with Crippen molar-refractivity contribution >= 4 is 5.91 Å². The third kappa shape index (κ3) is 2.51. The van der Waals surface area contributed by atoms with Crippen LogP contribution in [0.3, 0.4) is 0 Å². The summed E-state index contributed by atoms with van der Waals surface area (Å²) in [4.78, 5) is 14.4. The highest BCUT2D eigenvalue weighted by molar-refractivity contribution is 5.85. The number of piperidine rings is 1. The Balaban J connectivity index is 2.07. The lowest BCUT2D eigenvalue weighted by molar-refractivity contribution is -0.142. The lowest BCUT2D eigenvalue weighted by atomic mass is 9.74. The van der Waals surface area contributed by atoms with E-state index in [1.807, 2.05) is 4.90 Å². The van der Waals surface area contributed by atoms with E-state index >= 15 is 0 Å². The number of hydrogen-bond donors (Lipinski definition) is 1. The zero-order valence-electron chi connectivity index (χ0n) is 10.9. The van der Waals surface area contributed by atoms with Crippen LogP contribution in [0, 0.1) is 22.7 Å². The SMILES string of the molecule is N#CC1(C(=O)N2CCCC(CO)C2)CCCCC1. The van der Waals surface area contributed by atoms with Gasteiger partial charge in [0.2, 0.25) is 5.91 Å². The van der Waals surface area contributed by atoms with Crippen LogP contribution in [0.4, 0.5) is 0 Å². The first-order chi connectivity index (χ1) is 8.72. The van der Waals surface area contributed by atoms with E-state index in [0.29, 0.717) is 19.4 Å². The molecule has 1 aliphatic heterocycles. The van der Waals surface area contributed by atoms with E-state index in [-0.39, 0.29) is 18.4 Å². The molecule has 1 heterocycles. The molecule has 0 bridgehead atoms. The number of carbonyl (C=O) groups is 1. The zero-order chi connectivity index (χ0) is 13.0. The van der Waals surface area contributed by atoms with Gasteiger partial charge in [-0.25, -0.2) is 0 Å². The third-order valence-corrected chi connectivity index (χ3v) is 4.39. The molecule has 1 N–H and O–H groups in total. The van der Waals surface area contributed by atoms with Crippen LogP contribution in [0.1, 0.15) is 44.9 Å². The second-order valence-corrected chi connectivity index (χ2v) is 5.70. The molecular weight excluding hydrogens is 228 g/mol. The van der Waals surface area contributed by atoms with Crippen LogP contribution in [-0.4, -0.2) is 35.6 Å². The second-order valence-electron chi connectivity index (χ2n) is 5.70. The van der Waals surface area contributed by atoms with E-state index in [9.17, 15) is 15.2 Å². The predicted octanol–water partition coefficient (Wildman–Crippen LogP) is 1.69. The molecule has 2 aliphatic rings. The average molecular weight is 250 g/mol. The Morgan fingerprint density at radius 3 is 2.67 bits per heavy atom. The van der Waals surface area contributed by atoms with E-state index in [4.69, 9.17) is 0 Å². The van der Waals surface area contributed by atoms with Crippen molar-refractivity contribution in [1.82, 2.24) is 4.90 Å². The third-order valence-electron chi connectivity index (χ3n) is 4.39. The predicted molar refractivity (Wildman–Crippen MR) is 67.5 cm³/mol. The van der Waals surface area contributed by atoms with Crippen molar-refractivity contribution < 1.29 is 9.90 Å². The molecule has 1 saturated carbocycles. The minimum atomic E-state index is -0.768. The van der Waals surface area contributed by atoms with Crippen molar-refractivity contribution in [1.29, 1.82) is 5.26 Å². The summed E-state index contributed by atoms with van der Waals surface area (Å²) >= 11 is 0. The van der Waals surface area contributed by atoms with Gasteiger partial charge in [0.15, 0.2) is 0 Å². The topological polar surface area (TPSA) is 64.3 Å². The summed E-state index contributed by atoms with van der Waals surface area (Å²) in [6, 6.07) is 2.29. The summed E-state index contributed by atoms with van der Waals surface area (Å²) in [7, 11) is 0. The van der Waals surface area contributed by atoms with E-state index in [2.05, 4.69) is 6.07 Å². The normalized spacial score (nSPS) is 27.6. The van der Waals surface area contributed by atoms with Gasteiger partial charge in [0.05, 0.1) is 6.07 Å². The first-order valence-electron chi connectivity index (χ1n) is 7.03. The maximum Gasteiger partial charge on any atom is 0.243 e. The summed E-state index contributed by atoms with van der Waals surface area (Å²) in [5.74, 6) is 0.213. The Morgan fingerprint density at radius 1 is 1.33 bits per heavy atom. The van der Waals surface area contributed by atoms with Gasteiger partial charge in [-0.15, -0.1) is 0 Å². The van der Waals surface area contributed by atoms with Crippen molar-refractivity contribution in [2.45, 2.75) is 44.9 Å². The fraction of sp³-hybridized carbons (Fsp3) is 0.857. The molecule has 1 amide bonds. The molecule has 0 aromatic carbocycles. The summed E-state index contributed by atoms with van der Waals surface area (Å²) in [5, 5.41) is 18.6. The Morgan fingerprint density at radius 2 is 2.06 bits per heavy atom. The zero-order valence-corrected chi connectivity index (χ0v) is 10.9. The Labute approximate surface area is 109 Å². The van der Waals surface area contributed by atoms with Gasteiger partial charge in [0.1, 0.15) is 5.41 Å². The highest BCUT2D eigenvalue weighted by atomic mass is 16.3. The van der Waals surface area contributed by atoms with E-state index < -0.39 is 5.41 Å². The van der Waals surface area contributed by atoms with Crippen LogP contribution in [0.5, 0.6) is 0 Å². The fourth-order valence-electron chi connectivity index (χ4n) is 3.23. The summed E-state index contributed by atoms with van der Waals surface area (Å²) in [6.45, 7) is 1.51. The van der Waals surface area contributed by atoms with Crippen LogP contribution >= 0.6 is 0 Å². The first-order valence-corrected chi connectivity index (χ1v) is 7.03. The molecule has 1 atom stereocenters. The molecule has 100 valence electrons. The molecule has 2 fully saturated rings. The number of likely N-dealkylation sites (tertiary alicyclic amines) is 1. The molecule has 4 heteroatoms. The maximum absolute atomic E-state index is 12.6. The lowest BCUT2D eigenvalue weighted by Gasteiger charge is -2.38. The Kier molecular flexibility index (Phi) is 4.23. The molecule has 2 rings (SSSR count). The number of aliphatic hydroxyl groups is 1. The lowest BCUT2D eigenvalue weighted by Crippen LogP contribution is -2.49. The molecule has 1 saturated heterocycles. The average Bonchev–Trinajstić information content (AvgIpc) is 2.47. The van der Waals surface area contributed by atoms with Gasteiger partial charge in [0.25, 0.3) is 0 Å². The van der Waals surface area contributed by atoms with E-state index in [1.165, 1.54) is 0 Å². The summed E-state index contributed by atoms with van der Waals surface area (Å²) in [6.07, 6.45) is 6.45. The smallest absolute Gasteiger partial charge is 0.243 e. The molecule has 0 aromatic rings. The van der Waals surface area contributed by atoms with Crippen molar-refractivity contribution in [2.24, 2.45) is 11.3 Å². The molecule has 18 heavy (non-hydrogen) atoms. The fourth-order valence-corrected chi connectivity index (χ4v) is 3.23. The van der Waals surface area contributed by atoms with Gasteiger partial charge in [-0.3, -0.25) is 4.79 Å². The molecular formula is C14H22N2O2. The van der Waals surface area contributed by atoms with E-state index in [0.717, 1.165) is 38.6 Å². The molecule has 4 nitrogen and oxygen atoms in total. The van der Waals surface area contributed by atoms with Crippen molar-refractivity contribution in [3.8, 4) is 6.07 Å². The standard InChI is InChI=1S/C14H22N2O2/c15-11-14(6-2-1-3-7-14)13(18)16-8-4-5-12(9-16)10-17/h12,17H,1-10H2. The van der Waals surface area contributed by atoms with Gasteiger partial charge >= 0.3 is 0 Å². The van der Waals surface area contributed by atoms with E-state index in [1.54, 1.807) is 0 Å². The Bertz CT molecular complexity index is 342.